The van der Waals surface area contributed by atoms with Gasteiger partial charge in [0.1, 0.15) is 0 Å². The molecule has 3 rings (SSSR count). The number of carbonyl (C=O) groups excluding carboxylic acids is 1. The van der Waals surface area contributed by atoms with Crippen molar-refractivity contribution in [2.24, 2.45) is 0 Å². The summed E-state index contributed by atoms with van der Waals surface area (Å²) in [5, 5.41) is 7.46. The molecule has 5 nitrogen and oxygen atoms in total. The van der Waals surface area contributed by atoms with Crippen molar-refractivity contribution in [3.05, 3.63) is 64.6 Å². The third-order valence-corrected chi connectivity index (χ3v) is 5.50. The van der Waals surface area contributed by atoms with Crippen molar-refractivity contribution >= 4 is 33.6 Å². The second-order valence-electron chi connectivity index (χ2n) is 5.89. The van der Waals surface area contributed by atoms with Gasteiger partial charge in [-0.25, -0.2) is 4.98 Å². The average molecular weight is 431 g/mol. The Morgan fingerprint density at radius 2 is 1.88 bits per heavy atom. The van der Waals surface area contributed by atoms with Gasteiger partial charge in [0.2, 0.25) is 11.1 Å². The van der Waals surface area contributed by atoms with Crippen molar-refractivity contribution in [3.63, 3.8) is 0 Å². The highest BCUT2D eigenvalue weighted by Gasteiger charge is 2.21. The summed E-state index contributed by atoms with van der Waals surface area (Å²) < 4.78 is 0.944. The van der Waals surface area contributed by atoms with Gasteiger partial charge < -0.3 is 4.90 Å². The van der Waals surface area contributed by atoms with E-state index >= 15 is 0 Å². The number of benzene rings is 2. The Kier molecular flexibility index (Phi) is 6.11. The lowest BCUT2D eigenvalue weighted by Crippen LogP contribution is -2.32. The van der Waals surface area contributed by atoms with Crippen LogP contribution >= 0.6 is 27.7 Å². The Balaban J connectivity index is 1.63. The van der Waals surface area contributed by atoms with Crippen LogP contribution in [0.5, 0.6) is 0 Å². The maximum absolute atomic E-state index is 12.6. The van der Waals surface area contributed by atoms with Crippen molar-refractivity contribution in [2.75, 3.05) is 7.05 Å². The van der Waals surface area contributed by atoms with Crippen LogP contribution in [0.1, 0.15) is 12.5 Å². The van der Waals surface area contributed by atoms with Crippen LogP contribution in [0.2, 0.25) is 0 Å². The smallest absolute Gasteiger partial charge is 0.235 e. The third kappa shape index (κ3) is 4.53. The van der Waals surface area contributed by atoms with Crippen LogP contribution in [0.15, 0.2) is 64.2 Å². The first-order valence-corrected chi connectivity index (χ1v) is 9.84. The van der Waals surface area contributed by atoms with Crippen molar-refractivity contribution < 1.29 is 4.79 Å². The molecule has 0 fully saturated rings. The average Bonchev–Trinajstić information content (AvgIpc) is 3.10. The lowest BCUT2D eigenvalue weighted by atomic mass is 10.2. The van der Waals surface area contributed by atoms with Crippen LogP contribution in [0.4, 0.5) is 0 Å². The van der Waals surface area contributed by atoms with Crippen molar-refractivity contribution in [1.29, 1.82) is 0 Å². The molecular weight excluding hydrogens is 412 g/mol. The molecule has 0 saturated heterocycles. The minimum absolute atomic E-state index is 0.0473. The molecule has 0 saturated carbocycles. The summed E-state index contributed by atoms with van der Waals surface area (Å²) in [4.78, 5) is 18.8. The highest BCUT2D eigenvalue weighted by atomic mass is 79.9. The molecule has 1 amide bonds. The molecule has 0 aliphatic heterocycles. The van der Waals surface area contributed by atoms with Crippen LogP contribution < -0.4 is 0 Å². The van der Waals surface area contributed by atoms with E-state index in [0.717, 1.165) is 15.6 Å². The lowest BCUT2D eigenvalue weighted by Gasteiger charge is -2.20. The number of aromatic nitrogens is 3. The Morgan fingerprint density at radius 3 is 2.62 bits per heavy atom. The van der Waals surface area contributed by atoms with Gasteiger partial charge in [-0.05, 0) is 18.6 Å². The number of carbonyl (C=O) groups is 1. The highest BCUT2D eigenvalue weighted by molar-refractivity contribution is 9.10. The second-order valence-corrected chi connectivity index (χ2v) is 8.05. The van der Waals surface area contributed by atoms with Gasteiger partial charge >= 0.3 is 0 Å². The first-order chi connectivity index (χ1) is 12.5. The lowest BCUT2D eigenvalue weighted by molar-refractivity contribution is -0.129. The topological polar surface area (TPSA) is 61.9 Å². The SMILES string of the molecule is CC(Sc1n[nH]c(-c2ccccc2Br)n1)C(=O)N(C)Cc1ccccc1. The summed E-state index contributed by atoms with van der Waals surface area (Å²) in [6, 6.07) is 17.8. The van der Waals surface area contributed by atoms with Gasteiger partial charge in [0.15, 0.2) is 5.82 Å². The summed E-state index contributed by atoms with van der Waals surface area (Å²) in [7, 11) is 1.82. The number of amides is 1. The number of rotatable bonds is 6. The van der Waals surface area contributed by atoms with Crippen molar-refractivity contribution in [3.8, 4) is 11.4 Å². The molecule has 2 aromatic carbocycles. The number of halogens is 1. The van der Waals surface area contributed by atoms with E-state index in [1.165, 1.54) is 11.8 Å². The Labute approximate surface area is 165 Å². The van der Waals surface area contributed by atoms with Crippen LogP contribution in [-0.4, -0.2) is 38.3 Å². The minimum Gasteiger partial charge on any atom is -0.340 e. The van der Waals surface area contributed by atoms with E-state index in [0.29, 0.717) is 17.5 Å². The zero-order valence-electron chi connectivity index (χ0n) is 14.5. The van der Waals surface area contributed by atoms with Gasteiger partial charge in [-0.15, -0.1) is 5.10 Å². The second kappa shape index (κ2) is 8.51. The molecule has 1 heterocycles. The summed E-state index contributed by atoms with van der Waals surface area (Å²) in [6.45, 7) is 2.46. The molecule has 0 aliphatic rings. The molecule has 26 heavy (non-hydrogen) atoms. The van der Waals surface area contributed by atoms with Gasteiger partial charge in [-0.1, -0.05) is 76.2 Å². The fourth-order valence-electron chi connectivity index (χ4n) is 2.53. The Morgan fingerprint density at radius 1 is 1.19 bits per heavy atom. The number of nitrogens with zero attached hydrogens (tertiary/aromatic N) is 3. The number of hydrogen-bond acceptors (Lipinski definition) is 4. The quantitative estimate of drug-likeness (QED) is 0.589. The Hall–Kier alpha value is -2.12. The highest BCUT2D eigenvalue weighted by Crippen LogP contribution is 2.28. The van der Waals surface area contributed by atoms with E-state index in [2.05, 4.69) is 31.1 Å². The van der Waals surface area contributed by atoms with Crippen molar-refractivity contribution in [2.45, 2.75) is 23.9 Å². The monoisotopic (exact) mass is 430 g/mol. The van der Waals surface area contributed by atoms with Gasteiger partial charge in [0, 0.05) is 23.6 Å². The van der Waals surface area contributed by atoms with E-state index < -0.39 is 0 Å². The Bertz CT molecular complexity index is 884. The number of hydrogen-bond donors (Lipinski definition) is 1. The number of H-pyrrole nitrogens is 1. The number of aromatic amines is 1. The van der Waals surface area contributed by atoms with Crippen LogP contribution in [0.25, 0.3) is 11.4 Å². The molecule has 0 aliphatic carbocycles. The van der Waals surface area contributed by atoms with Gasteiger partial charge in [0.05, 0.1) is 5.25 Å². The number of nitrogens with one attached hydrogen (secondary N) is 1. The predicted octanol–water partition coefficient (Wildman–Crippen LogP) is 4.37. The molecule has 1 atom stereocenters. The largest absolute Gasteiger partial charge is 0.340 e. The first-order valence-electron chi connectivity index (χ1n) is 8.17. The summed E-state index contributed by atoms with van der Waals surface area (Å²) in [5.74, 6) is 0.725. The summed E-state index contributed by atoms with van der Waals surface area (Å²) in [6.07, 6.45) is 0. The van der Waals surface area contributed by atoms with Crippen LogP contribution in [0.3, 0.4) is 0 Å². The third-order valence-electron chi connectivity index (χ3n) is 3.86. The molecule has 0 spiro atoms. The van der Waals surface area contributed by atoms with Crippen LogP contribution in [0, 0.1) is 0 Å². The van der Waals surface area contributed by atoms with E-state index in [9.17, 15) is 4.79 Å². The number of thioether (sulfide) groups is 1. The molecule has 7 heteroatoms. The molecule has 0 radical (unpaired) electrons. The van der Waals surface area contributed by atoms with Gasteiger partial charge in [0.25, 0.3) is 0 Å². The van der Waals surface area contributed by atoms with E-state index in [4.69, 9.17) is 0 Å². The maximum atomic E-state index is 12.6. The molecule has 3 aromatic rings. The maximum Gasteiger partial charge on any atom is 0.235 e. The van der Waals surface area contributed by atoms with Gasteiger partial charge in [-0.2, -0.15) is 0 Å². The van der Waals surface area contributed by atoms with Gasteiger partial charge in [-0.3, -0.25) is 9.89 Å². The summed E-state index contributed by atoms with van der Waals surface area (Å²) in [5.41, 5.74) is 2.04. The zero-order chi connectivity index (χ0) is 18.5. The van der Waals surface area contributed by atoms with E-state index in [-0.39, 0.29) is 11.2 Å². The zero-order valence-corrected chi connectivity index (χ0v) is 16.9. The summed E-state index contributed by atoms with van der Waals surface area (Å²) >= 11 is 4.86. The fourth-order valence-corrected chi connectivity index (χ4v) is 3.84. The van der Waals surface area contributed by atoms with E-state index in [1.54, 1.807) is 4.90 Å². The fraction of sp³-hybridized carbons (Fsp3) is 0.211. The molecular formula is C19H19BrN4OS. The molecule has 1 unspecified atom stereocenters. The minimum atomic E-state index is -0.272. The molecule has 134 valence electrons. The molecule has 0 bridgehead atoms. The standard InChI is InChI=1S/C19H19BrN4OS/c1-13(18(25)24(2)12-14-8-4-3-5-9-14)26-19-21-17(22-23-19)15-10-6-7-11-16(15)20/h3-11,13H,12H2,1-2H3,(H,21,22,23). The predicted molar refractivity (Wildman–Crippen MR) is 108 cm³/mol. The normalized spacial score (nSPS) is 12.0. The van der Waals surface area contributed by atoms with Crippen LogP contribution in [-0.2, 0) is 11.3 Å². The van der Waals surface area contributed by atoms with Crippen molar-refractivity contribution in [1.82, 2.24) is 20.1 Å². The molecule has 1 aromatic heterocycles. The van der Waals surface area contributed by atoms with E-state index in [1.807, 2.05) is 68.6 Å². The molecule has 1 N–H and O–H groups in total. The first kappa shape index (κ1) is 18.7.